The number of anilines is 1. The first-order chi connectivity index (χ1) is 12.5. The van der Waals surface area contributed by atoms with Gasteiger partial charge in [0.05, 0.1) is 0 Å². The Bertz CT molecular complexity index is 759. The van der Waals surface area contributed by atoms with E-state index in [2.05, 4.69) is 10.3 Å². The molecule has 0 unspecified atom stereocenters. The molecule has 0 bridgehead atoms. The molecule has 1 fully saturated rings. The maximum absolute atomic E-state index is 13.1. The number of nitrogens with zero attached hydrogens (tertiary/aromatic N) is 3. The lowest BCUT2D eigenvalue weighted by molar-refractivity contribution is -0.119. The van der Waals surface area contributed by atoms with Crippen molar-refractivity contribution in [1.29, 1.82) is 0 Å². The Kier molecular flexibility index (Phi) is 5.51. The van der Waals surface area contributed by atoms with Gasteiger partial charge in [0.2, 0.25) is 5.91 Å². The van der Waals surface area contributed by atoms with E-state index in [-0.39, 0.29) is 17.9 Å². The van der Waals surface area contributed by atoms with Crippen molar-refractivity contribution in [3.05, 3.63) is 59.9 Å². The summed E-state index contributed by atoms with van der Waals surface area (Å²) in [7, 11) is 3.93. The van der Waals surface area contributed by atoms with Gasteiger partial charge in [0.25, 0.3) is 5.91 Å². The molecule has 1 aromatic carbocycles. The van der Waals surface area contributed by atoms with Gasteiger partial charge in [-0.25, -0.2) is 0 Å². The Labute approximate surface area is 153 Å². The summed E-state index contributed by atoms with van der Waals surface area (Å²) in [6.07, 6.45) is 4.77. The Morgan fingerprint density at radius 3 is 2.58 bits per heavy atom. The molecule has 1 N–H and O–H groups in total. The lowest BCUT2D eigenvalue weighted by Crippen LogP contribution is -2.41. The Morgan fingerprint density at radius 2 is 2.00 bits per heavy atom. The highest BCUT2D eigenvalue weighted by Gasteiger charge is 2.26. The maximum atomic E-state index is 13.1. The first kappa shape index (κ1) is 17.9. The van der Waals surface area contributed by atoms with Crippen molar-refractivity contribution in [2.75, 3.05) is 25.5 Å². The summed E-state index contributed by atoms with van der Waals surface area (Å²) in [6.45, 7) is 0.962. The number of hydrogen-bond acceptors (Lipinski definition) is 4. The second-order valence-corrected chi connectivity index (χ2v) is 6.79. The van der Waals surface area contributed by atoms with Crippen molar-refractivity contribution in [2.24, 2.45) is 0 Å². The molecule has 3 rings (SSSR count). The highest BCUT2D eigenvalue weighted by molar-refractivity contribution is 5.94. The molecule has 0 aliphatic carbocycles. The number of carbonyl (C=O) groups excluding carboxylic acids is 2. The van der Waals surface area contributed by atoms with E-state index in [0.29, 0.717) is 25.1 Å². The third-order valence-corrected chi connectivity index (χ3v) is 4.54. The predicted octanol–water partition coefficient (Wildman–Crippen LogP) is 2.07. The van der Waals surface area contributed by atoms with Crippen LogP contribution in [-0.4, -0.2) is 48.4 Å². The molecule has 1 saturated heterocycles. The van der Waals surface area contributed by atoms with Gasteiger partial charge in [-0.3, -0.25) is 14.6 Å². The third-order valence-electron chi connectivity index (χ3n) is 4.54. The number of rotatable bonds is 6. The molecule has 0 radical (unpaired) electrons. The van der Waals surface area contributed by atoms with E-state index < -0.39 is 0 Å². The molecule has 136 valence electrons. The molecule has 2 heterocycles. The van der Waals surface area contributed by atoms with Crippen molar-refractivity contribution in [3.8, 4) is 0 Å². The van der Waals surface area contributed by atoms with Crippen LogP contribution in [0.1, 0.15) is 28.8 Å². The number of pyridine rings is 1. The van der Waals surface area contributed by atoms with Crippen LogP contribution in [0, 0.1) is 0 Å². The zero-order chi connectivity index (χ0) is 18.5. The zero-order valence-corrected chi connectivity index (χ0v) is 15.2. The average molecular weight is 352 g/mol. The van der Waals surface area contributed by atoms with Crippen molar-refractivity contribution >= 4 is 17.5 Å². The second-order valence-electron chi connectivity index (χ2n) is 6.79. The van der Waals surface area contributed by atoms with Crippen LogP contribution in [0.5, 0.6) is 0 Å². The lowest BCUT2D eigenvalue weighted by Gasteiger charge is -2.26. The van der Waals surface area contributed by atoms with Crippen molar-refractivity contribution < 1.29 is 9.59 Å². The summed E-state index contributed by atoms with van der Waals surface area (Å²) in [5.74, 6) is 0.0134. The molecule has 1 aliphatic heterocycles. The van der Waals surface area contributed by atoms with E-state index in [4.69, 9.17) is 0 Å². The van der Waals surface area contributed by atoms with Crippen molar-refractivity contribution in [1.82, 2.24) is 15.2 Å². The standard InChI is InChI=1S/C20H24N4O2/c1-23(2)18-8-5-16(6-9-18)20(26)24(13-15-4-3-11-21-12-15)14-17-7-10-19(25)22-17/h3-6,8-9,11-12,17H,7,10,13-14H2,1-2H3,(H,22,25)/t17-/m0/s1. The number of carbonyl (C=O) groups is 2. The molecule has 2 aromatic rings. The topological polar surface area (TPSA) is 65.5 Å². The Morgan fingerprint density at radius 1 is 1.23 bits per heavy atom. The van der Waals surface area contributed by atoms with Gasteiger partial charge in [-0.05, 0) is 42.3 Å². The Balaban J connectivity index is 1.78. The van der Waals surface area contributed by atoms with Gasteiger partial charge in [0.15, 0.2) is 0 Å². The predicted molar refractivity (Wildman–Crippen MR) is 101 cm³/mol. The zero-order valence-electron chi connectivity index (χ0n) is 15.2. The number of aromatic nitrogens is 1. The monoisotopic (exact) mass is 352 g/mol. The fraction of sp³-hybridized carbons (Fsp3) is 0.350. The van der Waals surface area contributed by atoms with Crippen LogP contribution in [0.2, 0.25) is 0 Å². The maximum Gasteiger partial charge on any atom is 0.254 e. The van der Waals surface area contributed by atoms with Gasteiger partial charge in [-0.1, -0.05) is 6.07 Å². The largest absolute Gasteiger partial charge is 0.378 e. The van der Waals surface area contributed by atoms with Crippen LogP contribution in [0.4, 0.5) is 5.69 Å². The molecule has 1 atom stereocenters. The van der Waals surface area contributed by atoms with Crippen molar-refractivity contribution in [3.63, 3.8) is 0 Å². The van der Waals surface area contributed by atoms with E-state index >= 15 is 0 Å². The van der Waals surface area contributed by atoms with Gasteiger partial charge in [-0.15, -0.1) is 0 Å². The fourth-order valence-corrected chi connectivity index (χ4v) is 3.10. The van der Waals surface area contributed by atoms with Crippen molar-refractivity contribution in [2.45, 2.75) is 25.4 Å². The van der Waals surface area contributed by atoms with Gasteiger partial charge < -0.3 is 15.1 Å². The molecular weight excluding hydrogens is 328 g/mol. The van der Waals surface area contributed by atoms with E-state index in [0.717, 1.165) is 17.7 Å². The highest BCUT2D eigenvalue weighted by Crippen LogP contribution is 2.17. The summed E-state index contributed by atoms with van der Waals surface area (Å²) >= 11 is 0. The van der Waals surface area contributed by atoms with Crippen LogP contribution in [0.15, 0.2) is 48.8 Å². The molecule has 6 heteroatoms. The van der Waals surface area contributed by atoms with Gasteiger partial charge in [0, 0.05) is 63.3 Å². The summed E-state index contributed by atoms with van der Waals surface area (Å²) in [4.78, 5) is 32.5. The average Bonchev–Trinajstić information content (AvgIpc) is 3.06. The van der Waals surface area contributed by atoms with Crippen LogP contribution in [0.3, 0.4) is 0 Å². The minimum atomic E-state index is -0.0414. The van der Waals surface area contributed by atoms with Crippen LogP contribution >= 0.6 is 0 Å². The molecular formula is C20H24N4O2. The summed E-state index contributed by atoms with van der Waals surface area (Å²) in [5.41, 5.74) is 2.65. The number of amides is 2. The molecule has 1 aromatic heterocycles. The summed E-state index contributed by atoms with van der Waals surface area (Å²) in [5, 5.41) is 2.95. The minimum absolute atomic E-state index is 0.00386. The fourth-order valence-electron chi connectivity index (χ4n) is 3.10. The lowest BCUT2D eigenvalue weighted by atomic mass is 10.1. The molecule has 1 aliphatic rings. The third kappa shape index (κ3) is 4.39. The van der Waals surface area contributed by atoms with Crippen LogP contribution < -0.4 is 10.2 Å². The smallest absolute Gasteiger partial charge is 0.254 e. The van der Waals surface area contributed by atoms with Gasteiger partial charge in [-0.2, -0.15) is 0 Å². The number of benzene rings is 1. The number of hydrogen-bond donors (Lipinski definition) is 1. The van der Waals surface area contributed by atoms with Crippen LogP contribution in [0.25, 0.3) is 0 Å². The molecule has 0 saturated carbocycles. The highest BCUT2D eigenvalue weighted by atomic mass is 16.2. The molecule has 6 nitrogen and oxygen atoms in total. The van der Waals surface area contributed by atoms with Crippen LogP contribution in [-0.2, 0) is 11.3 Å². The summed E-state index contributed by atoms with van der Waals surface area (Å²) in [6, 6.07) is 11.4. The van der Waals surface area contributed by atoms with E-state index in [1.54, 1.807) is 17.3 Å². The molecule has 26 heavy (non-hydrogen) atoms. The first-order valence-corrected chi connectivity index (χ1v) is 8.78. The first-order valence-electron chi connectivity index (χ1n) is 8.78. The molecule has 0 spiro atoms. The van der Waals surface area contributed by atoms with Gasteiger partial charge in [0.1, 0.15) is 0 Å². The quantitative estimate of drug-likeness (QED) is 0.864. The van der Waals surface area contributed by atoms with Gasteiger partial charge >= 0.3 is 0 Å². The molecule has 2 amide bonds. The second kappa shape index (κ2) is 7.99. The SMILES string of the molecule is CN(C)c1ccc(C(=O)N(Cc2cccnc2)C[C@@H]2CCC(=O)N2)cc1. The number of nitrogens with one attached hydrogen (secondary N) is 1. The van der Waals surface area contributed by atoms with E-state index in [1.165, 1.54) is 0 Å². The normalized spacial score (nSPS) is 16.2. The summed E-state index contributed by atoms with van der Waals surface area (Å²) < 4.78 is 0. The Hall–Kier alpha value is -2.89. The van der Waals surface area contributed by atoms with E-state index in [9.17, 15) is 9.59 Å². The van der Waals surface area contributed by atoms with E-state index in [1.807, 2.05) is 55.4 Å². The minimum Gasteiger partial charge on any atom is -0.378 e.